The summed E-state index contributed by atoms with van der Waals surface area (Å²) in [4.78, 5) is 9.15. The van der Waals surface area contributed by atoms with E-state index in [9.17, 15) is 0 Å². The quantitative estimate of drug-likeness (QED) is 0.299. The summed E-state index contributed by atoms with van der Waals surface area (Å²) >= 11 is 5.74. The van der Waals surface area contributed by atoms with E-state index < -0.39 is 0 Å². The highest BCUT2D eigenvalue weighted by molar-refractivity contribution is 6.17. The number of alkyl halides is 1. The van der Waals surface area contributed by atoms with Crippen molar-refractivity contribution < 1.29 is 9.47 Å². The van der Waals surface area contributed by atoms with Crippen LogP contribution in [-0.2, 0) is 29.2 Å². The van der Waals surface area contributed by atoms with Crippen molar-refractivity contribution >= 4 is 28.5 Å². The van der Waals surface area contributed by atoms with Crippen molar-refractivity contribution in [2.75, 3.05) is 25.3 Å². The Hall–Kier alpha value is -2.59. The standard InChI is InChI=1S/C23H27ClN4O2/c1-29-14-12-20-26-21-19(11-7-2-3-8-13-24)15-28(22(21)23(25)27-20)17-30-16-18-9-5-4-6-10-18/h4-6,9-10,15H,2-3,8,12-14,16-17H2,1H3,(H2,25,26,27). The fraction of sp³-hybridized carbons (Fsp3) is 0.391. The first kappa shape index (κ1) is 22.1. The van der Waals surface area contributed by atoms with E-state index in [-0.39, 0.29) is 0 Å². The molecule has 2 aromatic heterocycles. The van der Waals surface area contributed by atoms with E-state index in [4.69, 9.17) is 31.8 Å². The zero-order valence-electron chi connectivity index (χ0n) is 17.2. The van der Waals surface area contributed by atoms with E-state index in [0.717, 1.165) is 41.4 Å². The number of anilines is 1. The van der Waals surface area contributed by atoms with Crippen LogP contribution in [0.3, 0.4) is 0 Å². The lowest BCUT2D eigenvalue weighted by atomic mass is 10.2. The summed E-state index contributed by atoms with van der Waals surface area (Å²) in [5.74, 6) is 8.18. The van der Waals surface area contributed by atoms with Crippen molar-refractivity contribution in [2.24, 2.45) is 0 Å². The molecule has 0 fully saturated rings. The van der Waals surface area contributed by atoms with Crippen molar-refractivity contribution in [1.82, 2.24) is 14.5 Å². The number of benzene rings is 1. The highest BCUT2D eigenvalue weighted by Gasteiger charge is 2.15. The molecule has 158 valence electrons. The number of halogens is 1. The lowest BCUT2D eigenvalue weighted by Crippen LogP contribution is -2.07. The molecule has 2 N–H and O–H groups in total. The molecule has 2 heterocycles. The topological polar surface area (TPSA) is 75.2 Å². The van der Waals surface area contributed by atoms with Crippen LogP contribution in [0.25, 0.3) is 11.0 Å². The van der Waals surface area contributed by atoms with Gasteiger partial charge in [0.15, 0.2) is 5.82 Å². The van der Waals surface area contributed by atoms with Crippen molar-refractivity contribution in [3.05, 3.63) is 53.5 Å². The Bertz CT molecular complexity index is 1010. The molecule has 0 amide bonds. The van der Waals surface area contributed by atoms with Crippen molar-refractivity contribution in [3.8, 4) is 11.8 Å². The predicted octanol–water partition coefficient (Wildman–Crippen LogP) is 4.14. The number of ether oxygens (including phenoxy) is 2. The fourth-order valence-corrected chi connectivity index (χ4v) is 3.26. The van der Waals surface area contributed by atoms with Gasteiger partial charge in [0, 0.05) is 32.0 Å². The van der Waals surface area contributed by atoms with Gasteiger partial charge in [-0.15, -0.1) is 11.6 Å². The number of nitrogens with two attached hydrogens (primary N) is 1. The monoisotopic (exact) mass is 426 g/mol. The van der Waals surface area contributed by atoms with E-state index in [0.29, 0.717) is 43.9 Å². The zero-order valence-corrected chi connectivity index (χ0v) is 18.0. The second-order valence-corrected chi connectivity index (χ2v) is 7.27. The van der Waals surface area contributed by atoms with Gasteiger partial charge >= 0.3 is 0 Å². The Balaban J connectivity index is 1.85. The average molecular weight is 427 g/mol. The number of hydrogen-bond donors (Lipinski definition) is 1. The molecule has 0 atom stereocenters. The van der Waals surface area contributed by atoms with Crippen LogP contribution in [0.1, 0.15) is 36.2 Å². The molecular weight excluding hydrogens is 400 g/mol. The van der Waals surface area contributed by atoms with E-state index in [1.54, 1.807) is 7.11 Å². The highest BCUT2D eigenvalue weighted by Crippen LogP contribution is 2.24. The summed E-state index contributed by atoms with van der Waals surface area (Å²) in [6.45, 7) is 1.38. The van der Waals surface area contributed by atoms with Crippen LogP contribution in [0.15, 0.2) is 36.5 Å². The molecule has 0 aliphatic heterocycles. The van der Waals surface area contributed by atoms with E-state index in [1.165, 1.54) is 0 Å². The van der Waals surface area contributed by atoms with Gasteiger partial charge in [-0.1, -0.05) is 42.2 Å². The summed E-state index contributed by atoms with van der Waals surface area (Å²) in [5, 5.41) is 0. The molecule has 0 saturated heterocycles. The summed E-state index contributed by atoms with van der Waals surface area (Å²) in [7, 11) is 1.65. The summed E-state index contributed by atoms with van der Waals surface area (Å²) < 4.78 is 13.0. The third-order valence-electron chi connectivity index (χ3n) is 4.56. The molecule has 0 spiro atoms. The van der Waals surface area contributed by atoms with Crippen molar-refractivity contribution in [2.45, 2.75) is 39.0 Å². The molecular formula is C23H27ClN4O2. The van der Waals surface area contributed by atoms with Crippen LogP contribution in [0.2, 0.25) is 0 Å². The lowest BCUT2D eigenvalue weighted by molar-refractivity contribution is 0.0668. The third kappa shape index (κ3) is 5.96. The van der Waals surface area contributed by atoms with Crippen LogP contribution >= 0.6 is 11.6 Å². The second kappa shape index (κ2) is 11.6. The van der Waals surface area contributed by atoms with Gasteiger partial charge < -0.3 is 19.8 Å². The maximum Gasteiger partial charge on any atom is 0.151 e. The number of rotatable bonds is 10. The molecule has 7 heteroatoms. The molecule has 6 nitrogen and oxygen atoms in total. The number of aromatic nitrogens is 3. The number of nitrogen functional groups attached to an aromatic ring is 1. The predicted molar refractivity (Wildman–Crippen MR) is 120 cm³/mol. The number of fused-ring (bicyclic) bond motifs is 1. The average Bonchev–Trinajstić information content (AvgIpc) is 3.11. The number of unbranched alkanes of at least 4 members (excludes halogenated alkanes) is 2. The van der Waals surface area contributed by atoms with Gasteiger partial charge in [-0.25, -0.2) is 9.97 Å². The molecule has 0 radical (unpaired) electrons. The molecule has 30 heavy (non-hydrogen) atoms. The van der Waals surface area contributed by atoms with Gasteiger partial charge in [-0.05, 0) is 18.4 Å². The summed E-state index contributed by atoms with van der Waals surface area (Å²) in [6.07, 6.45) is 5.26. The first-order valence-corrected chi connectivity index (χ1v) is 10.6. The Morgan fingerprint density at radius 1 is 1.17 bits per heavy atom. The zero-order chi connectivity index (χ0) is 21.2. The van der Waals surface area contributed by atoms with Crippen LogP contribution in [-0.4, -0.2) is 34.1 Å². The fourth-order valence-electron chi connectivity index (χ4n) is 3.07. The summed E-state index contributed by atoms with van der Waals surface area (Å²) in [6, 6.07) is 10.0. The molecule has 0 unspecified atom stereocenters. The SMILES string of the molecule is COCCc1nc(N)c2c(n1)c(C#CCCCCCl)cn2COCc1ccccc1. The van der Waals surface area contributed by atoms with Gasteiger partial charge in [0.1, 0.15) is 23.6 Å². The molecule has 1 aromatic carbocycles. The van der Waals surface area contributed by atoms with Crippen LogP contribution in [0.5, 0.6) is 0 Å². The Morgan fingerprint density at radius 2 is 2.00 bits per heavy atom. The van der Waals surface area contributed by atoms with Gasteiger partial charge in [0.2, 0.25) is 0 Å². The smallest absolute Gasteiger partial charge is 0.151 e. The maximum atomic E-state index is 6.29. The number of methoxy groups -OCH3 is 1. The van der Waals surface area contributed by atoms with Gasteiger partial charge in [0.05, 0.1) is 18.8 Å². The Kier molecular flexibility index (Phi) is 8.52. The van der Waals surface area contributed by atoms with Crippen LogP contribution < -0.4 is 5.73 Å². The lowest BCUT2D eigenvalue weighted by Gasteiger charge is -2.09. The van der Waals surface area contributed by atoms with E-state index in [1.807, 2.05) is 41.1 Å². The minimum absolute atomic E-state index is 0.338. The van der Waals surface area contributed by atoms with Gasteiger partial charge in [-0.3, -0.25) is 0 Å². The second-order valence-electron chi connectivity index (χ2n) is 6.89. The van der Waals surface area contributed by atoms with Crippen LogP contribution in [0.4, 0.5) is 5.82 Å². The van der Waals surface area contributed by atoms with Gasteiger partial charge in [-0.2, -0.15) is 0 Å². The Morgan fingerprint density at radius 3 is 2.77 bits per heavy atom. The molecule has 0 saturated carbocycles. The first-order valence-electron chi connectivity index (χ1n) is 10.0. The first-order chi connectivity index (χ1) is 14.7. The minimum atomic E-state index is 0.338. The molecule has 3 aromatic rings. The largest absolute Gasteiger partial charge is 0.384 e. The number of nitrogens with zero attached hydrogens (tertiary/aromatic N) is 3. The normalized spacial score (nSPS) is 10.9. The molecule has 0 aliphatic rings. The minimum Gasteiger partial charge on any atom is -0.384 e. The van der Waals surface area contributed by atoms with Gasteiger partial charge in [0.25, 0.3) is 0 Å². The molecule has 0 aliphatic carbocycles. The number of hydrogen-bond acceptors (Lipinski definition) is 5. The molecule has 3 rings (SSSR count). The van der Waals surface area contributed by atoms with Crippen molar-refractivity contribution in [1.29, 1.82) is 0 Å². The summed E-state index contributed by atoms with van der Waals surface area (Å²) in [5.41, 5.74) is 9.72. The van der Waals surface area contributed by atoms with E-state index >= 15 is 0 Å². The van der Waals surface area contributed by atoms with Crippen LogP contribution in [0, 0.1) is 11.8 Å². The Labute approximate surface area is 182 Å². The van der Waals surface area contributed by atoms with Crippen molar-refractivity contribution in [3.63, 3.8) is 0 Å². The third-order valence-corrected chi connectivity index (χ3v) is 4.83. The maximum absolute atomic E-state index is 6.29. The highest BCUT2D eigenvalue weighted by atomic mass is 35.5. The van der Waals surface area contributed by atoms with E-state index in [2.05, 4.69) is 16.8 Å². The molecule has 0 bridgehead atoms.